The third-order valence-corrected chi connectivity index (χ3v) is 3.23. The Morgan fingerprint density at radius 2 is 1.70 bits per heavy atom. The Balaban J connectivity index is 2.09. The molecule has 1 aromatic rings. The van der Waals surface area contributed by atoms with E-state index in [0.29, 0.717) is 18.6 Å². The Hall–Kier alpha value is -2.25. The molecule has 2 amide bonds. The predicted octanol–water partition coefficient (Wildman–Crippen LogP) is 2.23. The molecular formula is C12H11F3N2O3. The number of carbonyl (C=O) groups excluding carboxylic acids is 1. The van der Waals surface area contributed by atoms with Crippen molar-refractivity contribution in [1.82, 2.24) is 5.32 Å². The molecule has 108 valence electrons. The van der Waals surface area contributed by atoms with Crippen LogP contribution in [-0.2, 0) is 4.79 Å². The number of anilines is 1. The summed E-state index contributed by atoms with van der Waals surface area (Å²) in [5.41, 5.74) is -1.94. The van der Waals surface area contributed by atoms with Gasteiger partial charge >= 0.3 is 12.0 Å². The number of hydrogen-bond acceptors (Lipinski definition) is 2. The maximum absolute atomic E-state index is 13.3. The smallest absolute Gasteiger partial charge is 0.329 e. The van der Waals surface area contributed by atoms with Crippen LogP contribution in [0.1, 0.15) is 19.3 Å². The van der Waals surface area contributed by atoms with E-state index in [1.807, 2.05) is 5.32 Å². The summed E-state index contributed by atoms with van der Waals surface area (Å²) in [6, 6.07) is -0.211. The molecule has 0 aromatic heterocycles. The van der Waals surface area contributed by atoms with Crippen LogP contribution in [0.3, 0.4) is 0 Å². The number of hydrogen-bond donors (Lipinski definition) is 3. The molecule has 3 N–H and O–H groups in total. The van der Waals surface area contributed by atoms with E-state index < -0.39 is 40.7 Å². The number of halogens is 3. The highest BCUT2D eigenvalue weighted by atomic mass is 19.2. The van der Waals surface area contributed by atoms with E-state index >= 15 is 0 Å². The fourth-order valence-corrected chi connectivity index (χ4v) is 1.91. The van der Waals surface area contributed by atoms with Gasteiger partial charge in [-0.1, -0.05) is 0 Å². The Morgan fingerprint density at radius 3 is 2.20 bits per heavy atom. The SMILES string of the molecule is O=C(Nc1cc(F)c(F)cc1F)NC1(C(=O)O)CCC1. The number of benzene rings is 1. The Labute approximate surface area is 111 Å². The van der Waals surface area contributed by atoms with Gasteiger partial charge in [-0.3, -0.25) is 0 Å². The molecule has 0 radical (unpaired) electrons. The van der Waals surface area contributed by atoms with Crippen LogP contribution >= 0.6 is 0 Å². The van der Waals surface area contributed by atoms with Gasteiger partial charge in [0.2, 0.25) is 0 Å². The number of carboxylic acid groups (broad SMARTS) is 1. The van der Waals surface area contributed by atoms with Crippen molar-refractivity contribution in [3.8, 4) is 0 Å². The first-order valence-corrected chi connectivity index (χ1v) is 5.81. The van der Waals surface area contributed by atoms with E-state index in [4.69, 9.17) is 5.11 Å². The maximum atomic E-state index is 13.3. The summed E-state index contributed by atoms with van der Waals surface area (Å²) in [4.78, 5) is 22.6. The standard InChI is InChI=1S/C12H11F3N2O3/c13-6-4-8(15)9(5-7(6)14)16-11(20)17-12(10(18)19)2-1-3-12/h4-5H,1-3H2,(H,18,19)(H2,16,17,20). The van der Waals surface area contributed by atoms with Crippen LogP contribution < -0.4 is 10.6 Å². The van der Waals surface area contributed by atoms with Crippen molar-refractivity contribution in [2.45, 2.75) is 24.8 Å². The number of nitrogens with one attached hydrogen (secondary N) is 2. The molecule has 2 rings (SSSR count). The molecule has 0 atom stereocenters. The lowest BCUT2D eigenvalue weighted by Gasteiger charge is -2.38. The minimum atomic E-state index is -1.38. The average molecular weight is 288 g/mol. The topological polar surface area (TPSA) is 78.4 Å². The van der Waals surface area contributed by atoms with Gasteiger partial charge in [0.1, 0.15) is 11.4 Å². The first-order chi connectivity index (χ1) is 9.34. The number of aliphatic carboxylic acids is 1. The minimum absolute atomic E-state index is 0.260. The van der Waals surface area contributed by atoms with Crippen LogP contribution in [-0.4, -0.2) is 22.6 Å². The van der Waals surface area contributed by atoms with Gasteiger partial charge in [-0.05, 0) is 19.3 Å². The van der Waals surface area contributed by atoms with Gasteiger partial charge in [-0.15, -0.1) is 0 Å². The summed E-state index contributed by atoms with van der Waals surface area (Å²) in [6.07, 6.45) is 1.16. The van der Waals surface area contributed by atoms with Crippen LogP contribution in [0.4, 0.5) is 23.7 Å². The first kappa shape index (κ1) is 14.2. The third kappa shape index (κ3) is 2.54. The lowest BCUT2D eigenvalue weighted by Crippen LogP contribution is -2.60. The van der Waals surface area contributed by atoms with E-state index in [2.05, 4.69) is 5.32 Å². The molecule has 1 aliphatic carbocycles. The van der Waals surface area contributed by atoms with E-state index in [9.17, 15) is 22.8 Å². The zero-order chi connectivity index (χ0) is 14.9. The number of carboxylic acids is 1. The molecule has 0 saturated heterocycles. The number of rotatable bonds is 3. The Kier molecular flexibility index (Phi) is 3.56. The zero-order valence-corrected chi connectivity index (χ0v) is 10.2. The fraction of sp³-hybridized carbons (Fsp3) is 0.333. The monoisotopic (exact) mass is 288 g/mol. The second-order valence-electron chi connectivity index (χ2n) is 4.57. The Bertz CT molecular complexity index is 573. The summed E-state index contributed by atoms with van der Waals surface area (Å²) in [5.74, 6) is -5.05. The van der Waals surface area contributed by atoms with Crippen LogP contribution in [0.15, 0.2) is 12.1 Å². The molecule has 0 bridgehead atoms. The second kappa shape index (κ2) is 5.03. The van der Waals surface area contributed by atoms with Crippen LogP contribution in [0, 0.1) is 17.5 Å². The van der Waals surface area contributed by atoms with Gasteiger partial charge < -0.3 is 15.7 Å². The highest BCUT2D eigenvalue weighted by Crippen LogP contribution is 2.32. The van der Waals surface area contributed by atoms with Gasteiger partial charge in [-0.25, -0.2) is 22.8 Å². The highest BCUT2D eigenvalue weighted by Gasteiger charge is 2.45. The number of urea groups is 1. The van der Waals surface area contributed by atoms with Crippen molar-refractivity contribution >= 4 is 17.7 Å². The van der Waals surface area contributed by atoms with E-state index in [1.54, 1.807) is 0 Å². The molecule has 0 unspecified atom stereocenters. The van der Waals surface area contributed by atoms with E-state index in [0.717, 1.165) is 0 Å². The highest BCUT2D eigenvalue weighted by molar-refractivity contribution is 5.94. The average Bonchev–Trinajstić information content (AvgIpc) is 2.30. The van der Waals surface area contributed by atoms with Gasteiger partial charge in [0.25, 0.3) is 0 Å². The molecule has 1 fully saturated rings. The lowest BCUT2D eigenvalue weighted by molar-refractivity contribution is -0.148. The largest absolute Gasteiger partial charge is 0.480 e. The summed E-state index contributed by atoms with van der Waals surface area (Å²) < 4.78 is 39.0. The van der Waals surface area contributed by atoms with Crippen molar-refractivity contribution in [2.24, 2.45) is 0 Å². The molecular weight excluding hydrogens is 277 g/mol. The minimum Gasteiger partial charge on any atom is -0.480 e. The molecule has 0 spiro atoms. The predicted molar refractivity (Wildman–Crippen MR) is 62.7 cm³/mol. The van der Waals surface area contributed by atoms with Crippen LogP contribution in [0.2, 0.25) is 0 Å². The number of amides is 2. The van der Waals surface area contributed by atoms with Gasteiger partial charge in [0.15, 0.2) is 11.6 Å². The summed E-state index contributed by atoms with van der Waals surface area (Å²) >= 11 is 0. The van der Waals surface area contributed by atoms with Crippen molar-refractivity contribution in [2.75, 3.05) is 5.32 Å². The first-order valence-electron chi connectivity index (χ1n) is 5.81. The van der Waals surface area contributed by atoms with Crippen LogP contribution in [0.5, 0.6) is 0 Å². The van der Waals surface area contributed by atoms with Gasteiger partial charge in [-0.2, -0.15) is 0 Å². The van der Waals surface area contributed by atoms with Crippen molar-refractivity contribution < 1.29 is 27.9 Å². The zero-order valence-electron chi connectivity index (χ0n) is 10.2. The van der Waals surface area contributed by atoms with Gasteiger partial charge in [0.05, 0.1) is 5.69 Å². The summed E-state index contributed by atoms with van der Waals surface area (Å²) in [6.45, 7) is 0. The summed E-state index contributed by atoms with van der Waals surface area (Å²) in [5, 5.41) is 13.2. The quantitative estimate of drug-likeness (QED) is 0.746. The second-order valence-corrected chi connectivity index (χ2v) is 4.57. The third-order valence-electron chi connectivity index (χ3n) is 3.23. The maximum Gasteiger partial charge on any atom is 0.329 e. The summed E-state index contributed by atoms with van der Waals surface area (Å²) in [7, 11) is 0. The molecule has 1 aromatic carbocycles. The molecule has 1 aliphatic rings. The lowest BCUT2D eigenvalue weighted by atomic mass is 9.77. The molecule has 20 heavy (non-hydrogen) atoms. The number of carbonyl (C=O) groups is 2. The van der Waals surface area contributed by atoms with Crippen molar-refractivity contribution in [3.63, 3.8) is 0 Å². The van der Waals surface area contributed by atoms with Crippen molar-refractivity contribution in [1.29, 1.82) is 0 Å². The Morgan fingerprint density at radius 1 is 1.10 bits per heavy atom. The molecule has 0 heterocycles. The van der Waals surface area contributed by atoms with Crippen molar-refractivity contribution in [3.05, 3.63) is 29.6 Å². The molecule has 1 saturated carbocycles. The molecule has 0 aliphatic heterocycles. The van der Waals surface area contributed by atoms with E-state index in [-0.39, 0.29) is 12.8 Å². The van der Waals surface area contributed by atoms with Crippen LogP contribution in [0.25, 0.3) is 0 Å². The fourth-order valence-electron chi connectivity index (χ4n) is 1.91. The van der Waals surface area contributed by atoms with E-state index in [1.165, 1.54) is 0 Å². The molecule has 8 heteroatoms. The normalized spacial score (nSPS) is 16.1. The molecule has 5 nitrogen and oxygen atoms in total. The van der Waals surface area contributed by atoms with Gasteiger partial charge in [0, 0.05) is 12.1 Å².